The first-order chi connectivity index (χ1) is 16.3. The number of hydrogen-bond acceptors (Lipinski definition) is 4. The van der Waals surface area contributed by atoms with Crippen LogP contribution in [-0.4, -0.2) is 41.3 Å². The standard InChI is InChI=1S/C27H34N2O5/c1-4-6-15-23(24(30)31)28-25(32)27(3,16-5-2)29-26(33)34-17-22-20-13-9-7-11-18(20)19-12-8-10-14-21(19)22/h7-14,22-23H,4-6,15-17H2,1-3H3,(H,28,32)(H,29,33)(H,30,31). The van der Waals surface area contributed by atoms with E-state index in [1.165, 1.54) is 0 Å². The van der Waals surface area contributed by atoms with Gasteiger partial charge in [-0.15, -0.1) is 0 Å². The number of nitrogens with one attached hydrogen (secondary N) is 2. The second kappa shape index (κ2) is 11.2. The lowest BCUT2D eigenvalue weighted by molar-refractivity contribution is -0.143. The van der Waals surface area contributed by atoms with Crippen molar-refractivity contribution in [3.05, 3.63) is 59.7 Å². The first kappa shape index (κ1) is 25.3. The normalized spacial score (nSPS) is 14.9. The van der Waals surface area contributed by atoms with E-state index in [0.717, 1.165) is 28.7 Å². The molecule has 0 saturated carbocycles. The highest BCUT2D eigenvalue weighted by atomic mass is 16.5. The highest BCUT2D eigenvalue weighted by Gasteiger charge is 2.37. The van der Waals surface area contributed by atoms with E-state index in [4.69, 9.17) is 4.74 Å². The number of carbonyl (C=O) groups is 3. The molecule has 182 valence electrons. The summed E-state index contributed by atoms with van der Waals surface area (Å²) in [6, 6.07) is 15.1. The topological polar surface area (TPSA) is 105 Å². The van der Waals surface area contributed by atoms with Gasteiger partial charge in [-0.3, -0.25) is 4.79 Å². The molecule has 7 nitrogen and oxygen atoms in total. The molecule has 0 aromatic heterocycles. The molecule has 3 rings (SSSR count). The molecule has 1 aliphatic rings. The number of unbranched alkanes of at least 4 members (excludes halogenated alkanes) is 1. The Hall–Kier alpha value is -3.35. The van der Waals surface area contributed by atoms with Gasteiger partial charge in [-0.25, -0.2) is 9.59 Å². The Morgan fingerprint density at radius 2 is 1.59 bits per heavy atom. The van der Waals surface area contributed by atoms with Gasteiger partial charge in [0.25, 0.3) is 0 Å². The second-order valence-corrected chi connectivity index (χ2v) is 9.04. The van der Waals surface area contributed by atoms with Crippen LogP contribution in [0, 0.1) is 0 Å². The van der Waals surface area contributed by atoms with Gasteiger partial charge in [-0.2, -0.15) is 0 Å². The number of ether oxygens (including phenoxy) is 1. The van der Waals surface area contributed by atoms with Crippen molar-refractivity contribution in [2.45, 2.75) is 70.4 Å². The molecule has 0 fully saturated rings. The first-order valence-electron chi connectivity index (χ1n) is 12.0. The Morgan fingerprint density at radius 3 is 2.12 bits per heavy atom. The van der Waals surface area contributed by atoms with Crippen molar-refractivity contribution >= 4 is 18.0 Å². The van der Waals surface area contributed by atoms with Gasteiger partial charge in [-0.05, 0) is 42.0 Å². The van der Waals surface area contributed by atoms with Gasteiger partial charge in [0.1, 0.15) is 18.2 Å². The summed E-state index contributed by atoms with van der Waals surface area (Å²) in [5, 5.41) is 14.8. The SMILES string of the molecule is CCCCC(NC(=O)C(C)(CCC)NC(=O)OCC1c2ccccc2-c2ccccc21)C(=O)O. The van der Waals surface area contributed by atoms with E-state index in [2.05, 4.69) is 22.8 Å². The summed E-state index contributed by atoms with van der Waals surface area (Å²) in [4.78, 5) is 37.4. The van der Waals surface area contributed by atoms with Crippen molar-refractivity contribution < 1.29 is 24.2 Å². The largest absolute Gasteiger partial charge is 0.480 e. The quantitative estimate of drug-likeness (QED) is 0.439. The molecular weight excluding hydrogens is 432 g/mol. The highest BCUT2D eigenvalue weighted by Crippen LogP contribution is 2.44. The fourth-order valence-corrected chi connectivity index (χ4v) is 4.58. The number of amides is 2. The van der Waals surface area contributed by atoms with Crippen molar-refractivity contribution in [3.8, 4) is 11.1 Å². The average Bonchev–Trinajstić information content (AvgIpc) is 3.14. The third-order valence-electron chi connectivity index (χ3n) is 6.42. The minimum absolute atomic E-state index is 0.0881. The molecule has 0 heterocycles. The molecule has 7 heteroatoms. The fraction of sp³-hybridized carbons (Fsp3) is 0.444. The maximum atomic E-state index is 13.0. The summed E-state index contributed by atoms with van der Waals surface area (Å²) in [6.45, 7) is 5.60. The van der Waals surface area contributed by atoms with Crippen molar-refractivity contribution in [1.82, 2.24) is 10.6 Å². The third kappa shape index (κ3) is 5.58. The van der Waals surface area contributed by atoms with E-state index in [0.29, 0.717) is 25.7 Å². The molecule has 1 aliphatic carbocycles. The molecule has 0 saturated heterocycles. The van der Waals surface area contributed by atoms with Crippen LogP contribution in [0.5, 0.6) is 0 Å². The van der Waals surface area contributed by atoms with Crippen LogP contribution < -0.4 is 10.6 Å². The molecule has 2 unspecified atom stereocenters. The van der Waals surface area contributed by atoms with Crippen molar-refractivity contribution in [1.29, 1.82) is 0 Å². The summed E-state index contributed by atoms with van der Waals surface area (Å²) in [6.07, 6.45) is 2.12. The zero-order valence-corrected chi connectivity index (χ0v) is 20.1. The van der Waals surface area contributed by atoms with Crippen LogP contribution in [0.4, 0.5) is 4.79 Å². The van der Waals surface area contributed by atoms with Gasteiger partial charge >= 0.3 is 12.1 Å². The monoisotopic (exact) mass is 466 g/mol. The smallest absolute Gasteiger partial charge is 0.408 e. The molecule has 2 amide bonds. The van der Waals surface area contributed by atoms with E-state index in [1.807, 2.05) is 50.2 Å². The van der Waals surface area contributed by atoms with Crippen LogP contribution in [-0.2, 0) is 14.3 Å². The predicted molar refractivity (Wildman–Crippen MR) is 131 cm³/mol. The number of fused-ring (bicyclic) bond motifs is 3. The Morgan fingerprint density at radius 1 is 1.00 bits per heavy atom. The molecular formula is C27H34N2O5. The van der Waals surface area contributed by atoms with Crippen LogP contribution in [0.25, 0.3) is 11.1 Å². The lowest BCUT2D eigenvalue weighted by Gasteiger charge is -2.30. The van der Waals surface area contributed by atoms with Crippen molar-refractivity contribution in [2.75, 3.05) is 6.61 Å². The Balaban J connectivity index is 1.68. The van der Waals surface area contributed by atoms with Gasteiger partial charge in [0.15, 0.2) is 0 Å². The molecule has 0 aliphatic heterocycles. The summed E-state index contributed by atoms with van der Waals surface area (Å²) in [5.41, 5.74) is 3.19. The third-order valence-corrected chi connectivity index (χ3v) is 6.42. The van der Waals surface area contributed by atoms with E-state index in [1.54, 1.807) is 6.92 Å². The molecule has 2 aromatic carbocycles. The van der Waals surface area contributed by atoms with Gasteiger partial charge in [0.2, 0.25) is 5.91 Å². The Labute approximate surface area is 200 Å². The van der Waals surface area contributed by atoms with E-state index >= 15 is 0 Å². The molecule has 34 heavy (non-hydrogen) atoms. The zero-order chi connectivity index (χ0) is 24.7. The van der Waals surface area contributed by atoms with Gasteiger partial charge in [0.05, 0.1) is 0 Å². The summed E-state index contributed by atoms with van der Waals surface area (Å²) in [5.74, 6) is -1.69. The molecule has 0 bridgehead atoms. The number of carboxylic acid groups (broad SMARTS) is 1. The average molecular weight is 467 g/mol. The number of hydrogen-bond donors (Lipinski definition) is 3. The lowest BCUT2D eigenvalue weighted by Crippen LogP contribution is -2.59. The molecule has 3 N–H and O–H groups in total. The van der Waals surface area contributed by atoms with Gasteiger partial charge in [-0.1, -0.05) is 81.6 Å². The number of benzene rings is 2. The van der Waals surface area contributed by atoms with E-state index in [-0.39, 0.29) is 12.5 Å². The van der Waals surface area contributed by atoms with Crippen molar-refractivity contribution in [2.24, 2.45) is 0 Å². The zero-order valence-electron chi connectivity index (χ0n) is 20.1. The summed E-state index contributed by atoms with van der Waals surface area (Å²) in [7, 11) is 0. The van der Waals surface area contributed by atoms with Crippen LogP contribution in [0.15, 0.2) is 48.5 Å². The first-order valence-corrected chi connectivity index (χ1v) is 12.0. The molecule has 2 aromatic rings. The van der Waals surface area contributed by atoms with Gasteiger partial charge < -0.3 is 20.5 Å². The van der Waals surface area contributed by atoms with Crippen LogP contribution in [0.1, 0.15) is 69.9 Å². The number of aliphatic carboxylic acids is 1. The minimum atomic E-state index is -1.28. The van der Waals surface area contributed by atoms with Crippen LogP contribution >= 0.6 is 0 Å². The maximum absolute atomic E-state index is 13.0. The lowest BCUT2D eigenvalue weighted by atomic mass is 9.94. The number of carboxylic acids is 1. The number of carbonyl (C=O) groups excluding carboxylic acids is 2. The molecule has 0 spiro atoms. The van der Waals surface area contributed by atoms with Crippen LogP contribution in [0.3, 0.4) is 0 Å². The summed E-state index contributed by atoms with van der Waals surface area (Å²) >= 11 is 0. The molecule has 2 atom stereocenters. The maximum Gasteiger partial charge on any atom is 0.408 e. The van der Waals surface area contributed by atoms with Crippen LogP contribution in [0.2, 0.25) is 0 Å². The minimum Gasteiger partial charge on any atom is -0.480 e. The number of rotatable bonds is 11. The Bertz CT molecular complexity index is 992. The number of alkyl carbamates (subject to hydrolysis) is 1. The Kier molecular flexibility index (Phi) is 8.31. The highest BCUT2D eigenvalue weighted by molar-refractivity contribution is 5.92. The fourth-order valence-electron chi connectivity index (χ4n) is 4.58. The van der Waals surface area contributed by atoms with E-state index < -0.39 is 29.6 Å². The molecule has 0 radical (unpaired) electrons. The second-order valence-electron chi connectivity index (χ2n) is 9.04. The van der Waals surface area contributed by atoms with E-state index in [9.17, 15) is 19.5 Å². The van der Waals surface area contributed by atoms with Gasteiger partial charge in [0, 0.05) is 5.92 Å². The predicted octanol–water partition coefficient (Wildman–Crippen LogP) is 4.84. The van der Waals surface area contributed by atoms with Crippen molar-refractivity contribution in [3.63, 3.8) is 0 Å². The summed E-state index contributed by atoms with van der Waals surface area (Å²) < 4.78 is 5.60.